The summed E-state index contributed by atoms with van der Waals surface area (Å²) in [6, 6.07) is 7.01. The molecular formula is C19H18FNO5. The van der Waals surface area contributed by atoms with E-state index in [9.17, 15) is 14.0 Å². The maximum atomic E-state index is 14.2. The van der Waals surface area contributed by atoms with Gasteiger partial charge in [0.1, 0.15) is 5.82 Å². The van der Waals surface area contributed by atoms with Crippen LogP contribution >= 0.6 is 0 Å². The summed E-state index contributed by atoms with van der Waals surface area (Å²) in [6.07, 6.45) is 0.607. The van der Waals surface area contributed by atoms with Crippen molar-refractivity contribution in [3.63, 3.8) is 0 Å². The molecule has 0 spiro atoms. The highest BCUT2D eigenvalue weighted by Gasteiger charge is 2.25. The molecule has 1 amide bonds. The lowest BCUT2D eigenvalue weighted by Crippen LogP contribution is -2.36. The second-order valence-corrected chi connectivity index (χ2v) is 5.95. The largest absolute Gasteiger partial charge is 0.493 e. The Balaban J connectivity index is 1.86. The third-order valence-corrected chi connectivity index (χ3v) is 4.45. The molecule has 136 valence electrons. The number of hydrogen-bond acceptors (Lipinski definition) is 4. The van der Waals surface area contributed by atoms with Gasteiger partial charge < -0.3 is 19.5 Å². The summed E-state index contributed by atoms with van der Waals surface area (Å²) >= 11 is 0. The van der Waals surface area contributed by atoms with Crippen LogP contribution in [-0.4, -0.2) is 42.6 Å². The molecule has 0 aromatic heterocycles. The van der Waals surface area contributed by atoms with E-state index in [1.807, 2.05) is 12.1 Å². The Morgan fingerprint density at radius 1 is 1.08 bits per heavy atom. The monoisotopic (exact) mass is 359 g/mol. The number of methoxy groups -OCH3 is 2. The molecular weight excluding hydrogens is 341 g/mol. The molecule has 1 heterocycles. The number of aromatic carboxylic acids is 1. The van der Waals surface area contributed by atoms with Gasteiger partial charge in [0.25, 0.3) is 5.91 Å². The lowest BCUT2D eigenvalue weighted by atomic mass is 9.98. The standard InChI is InChI=1S/C19H18FNO5/c1-25-16-8-11-5-6-21(10-13(11)9-17(16)26-2)18(22)14-4-3-12(19(23)24)7-15(14)20/h3-4,7-9H,5-6,10H2,1-2H3,(H,23,24). The Bertz CT molecular complexity index is 880. The highest BCUT2D eigenvalue weighted by Crippen LogP contribution is 2.33. The van der Waals surface area contributed by atoms with Crippen LogP contribution in [0.25, 0.3) is 0 Å². The molecule has 0 fully saturated rings. The van der Waals surface area contributed by atoms with Crippen LogP contribution in [0.5, 0.6) is 11.5 Å². The molecule has 1 aliphatic heterocycles. The molecule has 0 bridgehead atoms. The van der Waals surface area contributed by atoms with Crippen LogP contribution in [0.4, 0.5) is 4.39 Å². The molecule has 1 aliphatic rings. The Morgan fingerprint density at radius 3 is 2.31 bits per heavy atom. The van der Waals surface area contributed by atoms with E-state index in [4.69, 9.17) is 14.6 Å². The first-order chi connectivity index (χ1) is 12.4. The number of ether oxygens (including phenoxy) is 2. The fraction of sp³-hybridized carbons (Fsp3) is 0.263. The highest BCUT2D eigenvalue weighted by atomic mass is 19.1. The van der Waals surface area contributed by atoms with Gasteiger partial charge in [-0.2, -0.15) is 0 Å². The molecule has 7 heteroatoms. The minimum absolute atomic E-state index is 0.140. The van der Waals surface area contributed by atoms with E-state index < -0.39 is 17.7 Å². The number of carboxylic acid groups (broad SMARTS) is 1. The van der Waals surface area contributed by atoms with E-state index in [0.717, 1.165) is 17.2 Å². The number of halogens is 1. The average molecular weight is 359 g/mol. The van der Waals surface area contributed by atoms with E-state index in [1.54, 1.807) is 7.11 Å². The predicted molar refractivity (Wildman–Crippen MR) is 91.3 cm³/mol. The first-order valence-corrected chi connectivity index (χ1v) is 8.00. The number of carbonyl (C=O) groups excluding carboxylic acids is 1. The normalized spacial score (nSPS) is 13.1. The van der Waals surface area contributed by atoms with Gasteiger partial charge in [-0.3, -0.25) is 4.79 Å². The van der Waals surface area contributed by atoms with E-state index in [0.29, 0.717) is 31.0 Å². The van der Waals surface area contributed by atoms with Crippen LogP contribution in [0.3, 0.4) is 0 Å². The zero-order chi connectivity index (χ0) is 18.8. The topological polar surface area (TPSA) is 76.1 Å². The smallest absolute Gasteiger partial charge is 0.335 e. The van der Waals surface area contributed by atoms with Crippen molar-refractivity contribution in [1.29, 1.82) is 0 Å². The van der Waals surface area contributed by atoms with Gasteiger partial charge in [0.2, 0.25) is 0 Å². The molecule has 0 unspecified atom stereocenters. The molecule has 0 saturated carbocycles. The van der Waals surface area contributed by atoms with Crippen molar-refractivity contribution in [1.82, 2.24) is 4.90 Å². The van der Waals surface area contributed by atoms with Crippen LogP contribution in [0.1, 0.15) is 31.8 Å². The molecule has 26 heavy (non-hydrogen) atoms. The Labute approximate surface area is 149 Å². The highest BCUT2D eigenvalue weighted by molar-refractivity contribution is 5.96. The third kappa shape index (κ3) is 3.20. The molecule has 0 atom stereocenters. The van der Waals surface area contributed by atoms with Gasteiger partial charge >= 0.3 is 5.97 Å². The van der Waals surface area contributed by atoms with Crippen LogP contribution < -0.4 is 9.47 Å². The van der Waals surface area contributed by atoms with Gasteiger partial charge in [-0.25, -0.2) is 9.18 Å². The lowest BCUT2D eigenvalue weighted by molar-refractivity contribution is 0.0690. The van der Waals surface area contributed by atoms with Gasteiger partial charge in [0, 0.05) is 13.1 Å². The number of fused-ring (bicyclic) bond motifs is 1. The molecule has 0 saturated heterocycles. The first-order valence-electron chi connectivity index (χ1n) is 8.00. The van der Waals surface area contributed by atoms with Gasteiger partial charge in [-0.1, -0.05) is 0 Å². The minimum Gasteiger partial charge on any atom is -0.493 e. The van der Waals surface area contributed by atoms with E-state index >= 15 is 0 Å². The zero-order valence-electron chi connectivity index (χ0n) is 14.4. The molecule has 2 aromatic carbocycles. The second-order valence-electron chi connectivity index (χ2n) is 5.95. The van der Waals surface area contributed by atoms with Crippen molar-refractivity contribution in [2.24, 2.45) is 0 Å². The number of hydrogen-bond donors (Lipinski definition) is 1. The summed E-state index contributed by atoms with van der Waals surface area (Å²) in [4.78, 5) is 25.1. The summed E-state index contributed by atoms with van der Waals surface area (Å²) in [5.74, 6) is -1.36. The Kier molecular flexibility index (Phi) is 4.79. The van der Waals surface area contributed by atoms with E-state index in [2.05, 4.69) is 0 Å². The lowest BCUT2D eigenvalue weighted by Gasteiger charge is -2.29. The Morgan fingerprint density at radius 2 is 1.73 bits per heavy atom. The predicted octanol–water partition coefficient (Wildman–Crippen LogP) is 2.74. The summed E-state index contributed by atoms with van der Waals surface area (Å²) in [5, 5.41) is 8.90. The van der Waals surface area contributed by atoms with Gasteiger partial charge in [-0.05, 0) is 47.9 Å². The van der Waals surface area contributed by atoms with Crippen molar-refractivity contribution >= 4 is 11.9 Å². The van der Waals surface area contributed by atoms with Gasteiger partial charge in [0.05, 0.1) is 25.3 Å². The molecule has 6 nitrogen and oxygen atoms in total. The Hall–Kier alpha value is -3.09. The minimum atomic E-state index is -1.24. The number of rotatable bonds is 4. The van der Waals surface area contributed by atoms with E-state index in [-0.39, 0.29) is 11.1 Å². The summed E-state index contributed by atoms with van der Waals surface area (Å²) < 4.78 is 24.8. The fourth-order valence-electron chi connectivity index (χ4n) is 3.05. The van der Waals surface area contributed by atoms with Crippen LogP contribution in [-0.2, 0) is 13.0 Å². The quantitative estimate of drug-likeness (QED) is 0.908. The number of benzene rings is 2. The number of nitrogens with zero attached hydrogens (tertiary/aromatic N) is 1. The summed E-state index contributed by atoms with van der Waals surface area (Å²) in [6.45, 7) is 0.746. The SMILES string of the molecule is COc1cc2c(cc1OC)CN(C(=O)c1ccc(C(=O)O)cc1F)CC2. The fourth-order valence-corrected chi connectivity index (χ4v) is 3.05. The molecule has 0 aliphatic carbocycles. The van der Waals surface area contributed by atoms with Crippen molar-refractivity contribution in [2.75, 3.05) is 20.8 Å². The van der Waals surface area contributed by atoms with Crippen molar-refractivity contribution in [3.8, 4) is 11.5 Å². The number of amides is 1. The van der Waals surface area contributed by atoms with Gasteiger partial charge in [0.15, 0.2) is 11.5 Å². The summed E-state index contributed by atoms with van der Waals surface area (Å²) in [7, 11) is 3.10. The number of carboxylic acids is 1. The van der Waals surface area contributed by atoms with Crippen LogP contribution in [0.15, 0.2) is 30.3 Å². The van der Waals surface area contributed by atoms with Gasteiger partial charge in [-0.15, -0.1) is 0 Å². The maximum absolute atomic E-state index is 14.2. The third-order valence-electron chi connectivity index (χ3n) is 4.45. The maximum Gasteiger partial charge on any atom is 0.335 e. The molecule has 3 rings (SSSR count). The van der Waals surface area contributed by atoms with Crippen molar-refractivity contribution in [3.05, 3.63) is 58.4 Å². The van der Waals surface area contributed by atoms with Crippen LogP contribution in [0.2, 0.25) is 0 Å². The van der Waals surface area contributed by atoms with Crippen molar-refractivity contribution < 1.29 is 28.6 Å². The zero-order valence-corrected chi connectivity index (χ0v) is 14.4. The first kappa shape index (κ1) is 17.7. The summed E-state index contributed by atoms with van der Waals surface area (Å²) in [5.41, 5.74) is 1.62. The molecule has 2 aromatic rings. The second kappa shape index (κ2) is 7.03. The molecule has 1 N–H and O–H groups in total. The number of carbonyl (C=O) groups is 2. The van der Waals surface area contributed by atoms with Crippen molar-refractivity contribution in [2.45, 2.75) is 13.0 Å². The van der Waals surface area contributed by atoms with Crippen LogP contribution in [0, 0.1) is 5.82 Å². The molecule has 0 radical (unpaired) electrons. The average Bonchev–Trinajstić information content (AvgIpc) is 2.65. The van der Waals surface area contributed by atoms with E-state index in [1.165, 1.54) is 24.1 Å².